The highest BCUT2D eigenvalue weighted by Crippen LogP contribution is 2.50. The largest absolute Gasteiger partial charge is 0.508 e. The number of Topliss-reactive ketones (excluding diaryl/α,β-unsaturated/α-hetero) is 1. The minimum Gasteiger partial charge on any atom is -0.508 e. The Kier molecular flexibility index (Phi) is 8.87. The lowest BCUT2D eigenvalue weighted by atomic mass is 9.85. The van der Waals surface area contributed by atoms with Gasteiger partial charge in [-0.15, -0.1) is 0 Å². The van der Waals surface area contributed by atoms with Crippen LogP contribution in [0.4, 0.5) is 0 Å². The molecule has 0 saturated carbocycles. The number of fused-ring (bicyclic) bond motifs is 1. The molecule has 0 radical (unpaired) electrons. The molecule has 0 bridgehead atoms. The normalized spacial score (nSPS) is 16.0. The van der Waals surface area contributed by atoms with E-state index < -0.39 is 18.1 Å². The molecule has 0 amide bonds. The van der Waals surface area contributed by atoms with E-state index in [0.29, 0.717) is 30.4 Å². The van der Waals surface area contributed by atoms with Crippen LogP contribution in [0.1, 0.15) is 63.9 Å². The molecule has 1 aliphatic rings. The van der Waals surface area contributed by atoms with Crippen LogP contribution in [0.25, 0.3) is 0 Å². The summed E-state index contributed by atoms with van der Waals surface area (Å²) in [4.78, 5) is 13.5. The summed E-state index contributed by atoms with van der Waals surface area (Å²) in [5.41, 5.74) is 3.00. The molecule has 4 aromatic carbocycles. The van der Waals surface area contributed by atoms with E-state index in [1.54, 1.807) is 48.5 Å². The smallest absolute Gasteiger partial charge is 0.174 e. The second kappa shape index (κ2) is 12.9. The number of ketones is 1. The van der Waals surface area contributed by atoms with Crippen LogP contribution in [-0.4, -0.2) is 44.5 Å². The monoisotopic (exact) mass is 582 g/mol. The van der Waals surface area contributed by atoms with Gasteiger partial charge >= 0.3 is 0 Å². The molecule has 1 heterocycles. The molecule has 8 heteroatoms. The second-order valence-electron chi connectivity index (χ2n) is 10.6. The summed E-state index contributed by atoms with van der Waals surface area (Å²) in [6.45, 7) is 0. The van der Waals surface area contributed by atoms with Gasteiger partial charge in [-0.1, -0.05) is 48.6 Å². The molecule has 0 fully saturated rings. The van der Waals surface area contributed by atoms with Gasteiger partial charge in [-0.2, -0.15) is 0 Å². The first-order chi connectivity index (χ1) is 20.7. The van der Waals surface area contributed by atoms with Crippen LogP contribution in [-0.2, 0) is 6.42 Å². The number of ether oxygens (including phenoxy) is 2. The zero-order valence-corrected chi connectivity index (χ0v) is 23.7. The van der Waals surface area contributed by atoms with E-state index in [2.05, 4.69) is 0 Å². The van der Waals surface area contributed by atoms with Crippen molar-refractivity contribution < 1.29 is 39.8 Å². The van der Waals surface area contributed by atoms with E-state index in [1.165, 1.54) is 25.3 Å². The summed E-state index contributed by atoms with van der Waals surface area (Å²) >= 11 is 0. The fourth-order valence-corrected chi connectivity index (χ4v) is 5.36. The Balaban J connectivity index is 1.49. The standard InChI is InChI=1S/C35H34O8/c1-42-32-20-29(40)33(35-34(32)30(41)19-31(43-35)23-10-17-27(39)18-11-23)28(22-8-15-26(38)16-9-22)4-2-3-24(36)12-5-21-6-13-25(37)14-7-21/h2,4,6-11,13-18,20,24,28,31,36-40H,3,5,12,19H2,1H3/b4-2+/t24-,28-,31+/m1/s1. The van der Waals surface area contributed by atoms with Gasteiger partial charge in [-0.25, -0.2) is 0 Å². The summed E-state index contributed by atoms with van der Waals surface area (Å²) in [5.74, 6) is -0.191. The summed E-state index contributed by atoms with van der Waals surface area (Å²) < 4.78 is 11.9. The van der Waals surface area contributed by atoms with E-state index in [1.807, 2.05) is 24.3 Å². The molecule has 3 atom stereocenters. The Bertz CT molecular complexity index is 1590. The zero-order valence-electron chi connectivity index (χ0n) is 23.7. The lowest BCUT2D eigenvalue weighted by Crippen LogP contribution is -2.23. The van der Waals surface area contributed by atoms with Gasteiger partial charge in [0.25, 0.3) is 0 Å². The van der Waals surface area contributed by atoms with Crippen LogP contribution >= 0.6 is 0 Å². The van der Waals surface area contributed by atoms with Crippen LogP contribution in [0.5, 0.6) is 34.5 Å². The molecule has 0 spiro atoms. The average Bonchev–Trinajstić information content (AvgIpc) is 3.00. The number of hydrogen-bond acceptors (Lipinski definition) is 8. The van der Waals surface area contributed by atoms with E-state index in [4.69, 9.17) is 9.47 Å². The molecule has 4 aromatic rings. The molecule has 222 valence electrons. The number of rotatable bonds is 10. The van der Waals surface area contributed by atoms with E-state index in [0.717, 1.165) is 11.1 Å². The molecule has 8 nitrogen and oxygen atoms in total. The zero-order chi connectivity index (χ0) is 30.5. The minimum atomic E-state index is -0.656. The van der Waals surface area contributed by atoms with Crippen LogP contribution in [0.2, 0.25) is 0 Å². The number of phenolic OH excluding ortho intramolecular Hbond substituents is 4. The summed E-state index contributed by atoms with van der Waals surface area (Å²) in [6.07, 6.45) is 3.91. The molecule has 0 saturated heterocycles. The third-order valence-corrected chi connectivity index (χ3v) is 7.66. The van der Waals surface area contributed by atoms with Crippen molar-refractivity contribution in [3.63, 3.8) is 0 Å². The van der Waals surface area contributed by atoms with Gasteiger partial charge in [0.2, 0.25) is 0 Å². The summed E-state index contributed by atoms with van der Waals surface area (Å²) in [7, 11) is 1.42. The van der Waals surface area contributed by atoms with E-state index in [9.17, 15) is 30.3 Å². The molecular weight excluding hydrogens is 548 g/mol. The highest BCUT2D eigenvalue weighted by Gasteiger charge is 2.36. The predicted molar refractivity (Wildman–Crippen MR) is 161 cm³/mol. The number of hydrogen-bond donors (Lipinski definition) is 5. The van der Waals surface area contributed by atoms with E-state index >= 15 is 0 Å². The maximum absolute atomic E-state index is 13.5. The lowest BCUT2D eigenvalue weighted by Gasteiger charge is -2.31. The van der Waals surface area contributed by atoms with Gasteiger partial charge in [0.05, 0.1) is 19.6 Å². The Morgan fingerprint density at radius 1 is 0.907 bits per heavy atom. The Hall–Kier alpha value is -4.95. The highest BCUT2D eigenvalue weighted by atomic mass is 16.5. The molecule has 43 heavy (non-hydrogen) atoms. The van der Waals surface area contributed by atoms with Crippen molar-refractivity contribution >= 4 is 5.78 Å². The van der Waals surface area contributed by atoms with Crippen LogP contribution in [0, 0.1) is 0 Å². The number of aliphatic hydroxyl groups excluding tert-OH is 1. The number of allylic oxidation sites excluding steroid dienone is 1. The quantitative estimate of drug-likeness (QED) is 0.138. The number of benzene rings is 4. The first-order valence-corrected chi connectivity index (χ1v) is 14.1. The number of carbonyl (C=O) groups excluding carboxylic acids is 1. The average molecular weight is 583 g/mol. The number of methoxy groups -OCH3 is 1. The van der Waals surface area contributed by atoms with Crippen molar-refractivity contribution in [1.29, 1.82) is 0 Å². The van der Waals surface area contributed by atoms with Gasteiger partial charge in [0.1, 0.15) is 46.2 Å². The molecule has 5 N–H and O–H groups in total. The van der Waals surface area contributed by atoms with Crippen LogP contribution in [0.15, 0.2) is 91.0 Å². The lowest BCUT2D eigenvalue weighted by molar-refractivity contribution is 0.0841. The van der Waals surface area contributed by atoms with Gasteiger partial charge in [-0.3, -0.25) is 4.79 Å². The summed E-state index contributed by atoms with van der Waals surface area (Å²) in [6, 6.07) is 21.2. The fourth-order valence-electron chi connectivity index (χ4n) is 5.36. The number of aromatic hydroxyl groups is 4. The van der Waals surface area contributed by atoms with E-state index in [-0.39, 0.29) is 52.3 Å². The van der Waals surface area contributed by atoms with Crippen molar-refractivity contribution in [2.45, 2.75) is 43.8 Å². The van der Waals surface area contributed by atoms with Crippen molar-refractivity contribution in [3.05, 3.63) is 119 Å². The van der Waals surface area contributed by atoms with Crippen molar-refractivity contribution in [2.24, 2.45) is 0 Å². The number of phenols is 4. The molecule has 0 aromatic heterocycles. The third-order valence-electron chi connectivity index (χ3n) is 7.66. The molecular formula is C35H34O8. The van der Waals surface area contributed by atoms with Gasteiger partial charge in [0, 0.05) is 17.5 Å². The van der Waals surface area contributed by atoms with Gasteiger partial charge < -0.3 is 35.0 Å². The maximum atomic E-state index is 13.5. The topological polar surface area (TPSA) is 137 Å². The van der Waals surface area contributed by atoms with Crippen LogP contribution < -0.4 is 9.47 Å². The maximum Gasteiger partial charge on any atom is 0.174 e. The molecule has 5 rings (SSSR count). The Morgan fingerprint density at radius 3 is 2.14 bits per heavy atom. The third kappa shape index (κ3) is 6.76. The minimum absolute atomic E-state index is 0.0469. The Morgan fingerprint density at radius 2 is 1.51 bits per heavy atom. The first kappa shape index (κ1) is 29.5. The second-order valence-corrected chi connectivity index (χ2v) is 10.6. The Labute approximate surface area is 249 Å². The number of aryl methyl sites for hydroxylation is 1. The molecule has 0 aliphatic carbocycles. The van der Waals surface area contributed by atoms with Crippen molar-refractivity contribution in [2.75, 3.05) is 7.11 Å². The van der Waals surface area contributed by atoms with Crippen molar-refractivity contribution in [3.8, 4) is 34.5 Å². The number of aliphatic hydroxyl groups is 1. The fraction of sp³-hybridized carbons (Fsp3) is 0.229. The predicted octanol–water partition coefficient (Wildman–Crippen LogP) is 6.30. The van der Waals surface area contributed by atoms with Crippen molar-refractivity contribution in [1.82, 2.24) is 0 Å². The SMILES string of the molecule is COc1cc(O)c([C@H](/C=C/C[C@@H](O)CCc2ccc(O)cc2)c2ccc(O)cc2)c2c1C(=O)C[C@@H](c1ccc(O)cc1)O2. The number of carbonyl (C=O) groups is 1. The van der Waals surface area contributed by atoms with Gasteiger partial charge in [0.15, 0.2) is 5.78 Å². The highest BCUT2D eigenvalue weighted by molar-refractivity contribution is 6.03. The first-order valence-electron chi connectivity index (χ1n) is 14.1. The van der Waals surface area contributed by atoms with Crippen LogP contribution in [0.3, 0.4) is 0 Å². The molecule has 1 aliphatic heterocycles. The molecule has 0 unspecified atom stereocenters. The summed E-state index contributed by atoms with van der Waals surface area (Å²) in [5, 5.41) is 51.2. The van der Waals surface area contributed by atoms with Gasteiger partial charge in [-0.05, 0) is 72.4 Å².